The Bertz CT molecular complexity index is 620. The maximum Gasteiger partial charge on any atom is 0.182 e. The van der Waals surface area contributed by atoms with Crippen LogP contribution in [-0.2, 0) is 19.3 Å². The second-order valence-electron chi connectivity index (χ2n) is 4.73. The van der Waals surface area contributed by atoms with Crippen molar-refractivity contribution in [1.82, 2.24) is 15.0 Å². The molecule has 20 heavy (non-hydrogen) atoms. The van der Waals surface area contributed by atoms with Gasteiger partial charge in [-0.1, -0.05) is 0 Å². The summed E-state index contributed by atoms with van der Waals surface area (Å²) in [5.41, 5.74) is 1.64. The van der Waals surface area contributed by atoms with Gasteiger partial charge in [0.2, 0.25) is 0 Å². The number of nitrogens with zero attached hydrogens (tertiary/aromatic N) is 4. The summed E-state index contributed by atoms with van der Waals surface area (Å²) in [7, 11) is 0. The van der Waals surface area contributed by atoms with Gasteiger partial charge in [0.1, 0.15) is 6.07 Å². The van der Waals surface area contributed by atoms with Gasteiger partial charge in [0.15, 0.2) is 11.5 Å². The lowest BCUT2D eigenvalue weighted by Crippen LogP contribution is -2.08. The molecular weight excluding hydrogens is 270 g/mol. The van der Waals surface area contributed by atoms with E-state index in [1.54, 1.807) is 6.20 Å². The molecule has 1 aliphatic carbocycles. The Balaban J connectivity index is 1.60. The van der Waals surface area contributed by atoms with Crippen LogP contribution >= 0.6 is 11.3 Å². The Hall–Kier alpha value is -2.00. The van der Waals surface area contributed by atoms with Crippen LogP contribution in [0.5, 0.6) is 0 Å². The molecule has 5 nitrogen and oxygen atoms in total. The van der Waals surface area contributed by atoms with E-state index >= 15 is 0 Å². The van der Waals surface area contributed by atoms with Gasteiger partial charge in [-0.05, 0) is 25.7 Å². The van der Waals surface area contributed by atoms with Crippen LogP contribution in [0.15, 0.2) is 12.4 Å². The fraction of sp³-hybridized carbons (Fsp3) is 0.429. The number of rotatable bonds is 4. The highest BCUT2D eigenvalue weighted by Gasteiger charge is 2.14. The number of aryl methyl sites for hydroxylation is 2. The average Bonchev–Trinajstić information content (AvgIpc) is 2.90. The molecule has 2 aromatic rings. The topological polar surface area (TPSA) is 74.5 Å². The van der Waals surface area contributed by atoms with Crippen molar-refractivity contribution in [3.63, 3.8) is 0 Å². The standard InChI is InChI=1S/C14H15N5S/c15-9-11-14(18-8-7-16-11)17-6-5-13-19-10-3-1-2-4-12(10)20-13/h7-8H,1-6H2,(H,17,18). The van der Waals surface area contributed by atoms with Crippen molar-refractivity contribution in [3.8, 4) is 6.07 Å². The summed E-state index contributed by atoms with van der Waals surface area (Å²) in [5, 5.41) is 13.3. The van der Waals surface area contributed by atoms with Gasteiger partial charge in [0, 0.05) is 30.2 Å². The predicted molar refractivity (Wildman–Crippen MR) is 77.7 cm³/mol. The van der Waals surface area contributed by atoms with E-state index in [4.69, 9.17) is 10.2 Å². The first-order valence-corrected chi connectivity index (χ1v) is 7.61. The average molecular weight is 285 g/mol. The van der Waals surface area contributed by atoms with Crippen molar-refractivity contribution in [3.05, 3.63) is 33.7 Å². The van der Waals surface area contributed by atoms with E-state index in [1.165, 1.54) is 41.0 Å². The molecule has 0 spiro atoms. The molecule has 1 aliphatic rings. The van der Waals surface area contributed by atoms with Crippen molar-refractivity contribution in [1.29, 1.82) is 5.26 Å². The summed E-state index contributed by atoms with van der Waals surface area (Å²) in [6.07, 6.45) is 8.84. The highest BCUT2D eigenvalue weighted by atomic mass is 32.1. The molecular formula is C14H15N5S. The van der Waals surface area contributed by atoms with Crippen LogP contribution in [-0.4, -0.2) is 21.5 Å². The molecule has 6 heteroatoms. The normalized spacial score (nSPS) is 13.6. The number of aromatic nitrogens is 3. The van der Waals surface area contributed by atoms with Crippen LogP contribution in [0.4, 0.5) is 5.82 Å². The van der Waals surface area contributed by atoms with Crippen LogP contribution in [0.25, 0.3) is 0 Å². The first-order valence-electron chi connectivity index (χ1n) is 6.79. The first kappa shape index (κ1) is 13.0. The molecule has 0 saturated carbocycles. The third-order valence-corrected chi connectivity index (χ3v) is 4.54. The van der Waals surface area contributed by atoms with E-state index in [-0.39, 0.29) is 0 Å². The van der Waals surface area contributed by atoms with Gasteiger partial charge in [-0.25, -0.2) is 15.0 Å². The number of thiazole rings is 1. The van der Waals surface area contributed by atoms with E-state index in [2.05, 4.69) is 15.3 Å². The smallest absolute Gasteiger partial charge is 0.182 e. The highest BCUT2D eigenvalue weighted by molar-refractivity contribution is 7.11. The van der Waals surface area contributed by atoms with Gasteiger partial charge < -0.3 is 5.32 Å². The zero-order valence-electron chi connectivity index (χ0n) is 11.1. The van der Waals surface area contributed by atoms with E-state index in [0.717, 1.165) is 19.4 Å². The van der Waals surface area contributed by atoms with E-state index < -0.39 is 0 Å². The van der Waals surface area contributed by atoms with Crippen LogP contribution < -0.4 is 5.32 Å². The van der Waals surface area contributed by atoms with Crippen LogP contribution in [0.2, 0.25) is 0 Å². The minimum Gasteiger partial charge on any atom is -0.367 e. The number of hydrogen-bond donors (Lipinski definition) is 1. The largest absolute Gasteiger partial charge is 0.367 e. The van der Waals surface area contributed by atoms with Gasteiger partial charge in [0.05, 0.1) is 10.7 Å². The molecule has 2 aromatic heterocycles. The number of hydrogen-bond acceptors (Lipinski definition) is 6. The van der Waals surface area contributed by atoms with Gasteiger partial charge in [-0.3, -0.25) is 0 Å². The molecule has 0 fully saturated rings. The first-order chi connectivity index (χ1) is 9.86. The third-order valence-electron chi connectivity index (χ3n) is 3.33. The second kappa shape index (κ2) is 5.97. The lowest BCUT2D eigenvalue weighted by atomic mass is 10.0. The zero-order chi connectivity index (χ0) is 13.8. The lowest BCUT2D eigenvalue weighted by Gasteiger charge is -2.06. The van der Waals surface area contributed by atoms with E-state index in [1.807, 2.05) is 17.4 Å². The molecule has 3 rings (SSSR count). The summed E-state index contributed by atoms with van der Waals surface area (Å²) in [6.45, 7) is 0.722. The van der Waals surface area contributed by atoms with E-state index in [0.29, 0.717) is 11.5 Å². The van der Waals surface area contributed by atoms with Crippen molar-refractivity contribution in [2.45, 2.75) is 32.1 Å². The van der Waals surface area contributed by atoms with E-state index in [9.17, 15) is 0 Å². The molecule has 0 atom stereocenters. The minimum absolute atomic E-state index is 0.339. The molecule has 0 aromatic carbocycles. The highest BCUT2D eigenvalue weighted by Crippen LogP contribution is 2.26. The number of nitrogens with one attached hydrogen (secondary N) is 1. The van der Waals surface area contributed by atoms with Crippen LogP contribution in [0, 0.1) is 11.3 Å². The number of fused-ring (bicyclic) bond motifs is 1. The molecule has 0 bridgehead atoms. The second-order valence-corrected chi connectivity index (χ2v) is 5.89. The van der Waals surface area contributed by atoms with Gasteiger partial charge in [-0.2, -0.15) is 5.26 Å². The van der Waals surface area contributed by atoms with Gasteiger partial charge >= 0.3 is 0 Å². The summed E-state index contributed by atoms with van der Waals surface area (Å²) in [6, 6.07) is 2.03. The predicted octanol–water partition coefficient (Wildman–Crippen LogP) is 2.34. The molecule has 1 N–H and O–H groups in total. The maximum absolute atomic E-state index is 8.94. The molecule has 0 amide bonds. The zero-order valence-corrected chi connectivity index (χ0v) is 11.9. The number of anilines is 1. The molecule has 2 heterocycles. The quantitative estimate of drug-likeness (QED) is 0.933. The summed E-state index contributed by atoms with van der Waals surface area (Å²) >= 11 is 1.83. The maximum atomic E-state index is 8.94. The van der Waals surface area contributed by atoms with Gasteiger partial charge in [0.25, 0.3) is 0 Å². The summed E-state index contributed by atoms with van der Waals surface area (Å²) in [4.78, 5) is 14.3. The van der Waals surface area contributed by atoms with Crippen molar-refractivity contribution < 1.29 is 0 Å². The van der Waals surface area contributed by atoms with Gasteiger partial charge in [-0.15, -0.1) is 11.3 Å². The third kappa shape index (κ3) is 2.78. The Labute approximate surface area is 121 Å². The molecule has 0 unspecified atom stereocenters. The lowest BCUT2D eigenvalue weighted by molar-refractivity contribution is 0.680. The Morgan fingerprint density at radius 2 is 2.10 bits per heavy atom. The Morgan fingerprint density at radius 1 is 1.25 bits per heavy atom. The monoisotopic (exact) mass is 285 g/mol. The molecule has 0 radical (unpaired) electrons. The number of nitriles is 1. The summed E-state index contributed by atoms with van der Waals surface area (Å²) < 4.78 is 0. The molecule has 0 saturated heterocycles. The Kier molecular flexibility index (Phi) is 3.88. The minimum atomic E-state index is 0.339. The molecule has 0 aliphatic heterocycles. The fourth-order valence-corrected chi connectivity index (χ4v) is 3.51. The van der Waals surface area contributed by atoms with Crippen molar-refractivity contribution in [2.75, 3.05) is 11.9 Å². The SMILES string of the molecule is N#Cc1nccnc1NCCc1nc2c(s1)CCCC2. The van der Waals surface area contributed by atoms with Crippen LogP contribution in [0.1, 0.15) is 34.1 Å². The Morgan fingerprint density at radius 3 is 2.95 bits per heavy atom. The van der Waals surface area contributed by atoms with Crippen LogP contribution in [0.3, 0.4) is 0 Å². The van der Waals surface area contributed by atoms with Crippen molar-refractivity contribution >= 4 is 17.2 Å². The fourth-order valence-electron chi connectivity index (χ4n) is 2.35. The summed E-state index contributed by atoms with van der Waals surface area (Å²) in [5.74, 6) is 0.552. The molecule has 102 valence electrons. The van der Waals surface area contributed by atoms with Crippen molar-refractivity contribution in [2.24, 2.45) is 0 Å².